The number of halogens is 1. The highest BCUT2D eigenvalue weighted by atomic mass is 35.5. The molecule has 0 aliphatic rings. The summed E-state index contributed by atoms with van der Waals surface area (Å²) in [6, 6.07) is 6.63. The number of carbonyl (C=O) groups excluding carboxylic acids is 1. The SMILES string of the molecule is Cc1cc([C@@H](C)Nc2ccc(Cl)nc2C(N)=O)c2oc(-c3cnn(C)c3)c(C)c(=O)c2c1. The van der Waals surface area contributed by atoms with Gasteiger partial charge in [0.1, 0.15) is 16.5 Å². The molecule has 1 aromatic carbocycles. The molecule has 4 aromatic rings. The number of aromatic nitrogens is 3. The Bertz CT molecular complexity index is 1420. The lowest BCUT2D eigenvalue weighted by Crippen LogP contribution is -2.18. The smallest absolute Gasteiger partial charge is 0.269 e. The van der Waals surface area contributed by atoms with Crippen molar-refractivity contribution in [2.45, 2.75) is 26.8 Å². The van der Waals surface area contributed by atoms with Crippen LogP contribution in [0.3, 0.4) is 0 Å². The predicted molar refractivity (Wildman–Crippen MR) is 124 cm³/mol. The molecule has 3 aromatic heterocycles. The van der Waals surface area contributed by atoms with Gasteiger partial charge >= 0.3 is 0 Å². The van der Waals surface area contributed by atoms with Gasteiger partial charge in [-0.3, -0.25) is 14.3 Å². The van der Waals surface area contributed by atoms with Crippen LogP contribution < -0.4 is 16.5 Å². The molecule has 0 bridgehead atoms. The lowest BCUT2D eigenvalue weighted by Gasteiger charge is -2.19. The minimum atomic E-state index is -0.697. The molecule has 0 saturated heterocycles. The number of aryl methyl sites for hydroxylation is 2. The Balaban J connectivity index is 1.88. The Morgan fingerprint density at radius 3 is 2.69 bits per heavy atom. The van der Waals surface area contributed by atoms with E-state index in [0.29, 0.717) is 33.5 Å². The summed E-state index contributed by atoms with van der Waals surface area (Å²) in [7, 11) is 1.80. The first-order valence-electron chi connectivity index (χ1n) is 9.95. The molecule has 1 atom stereocenters. The number of nitrogens with one attached hydrogen (secondary N) is 1. The molecule has 0 aliphatic heterocycles. The summed E-state index contributed by atoms with van der Waals surface area (Å²) in [5.74, 6) is -0.226. The number of anilines is 1. The molecular formula is C23H22ClN5O3. The molecule has 0 unspecified atom stereocenters. The highest BCUT2D eigenvalue weighted by Crippen LogP contribution is 2.32. The van der Waals surface area contributed by atoms with Crippen LogP contribution in [0.15, 0.2) is 45.9 Å². The molecule has 32 heavy (non-hydrogen) atoms. The van der Waals surface area contributed by atoms with Gasteiger partial charge in [-0.05, 0) is 44.5 Å². The van der Waals surface area contributed by atoms with Crippen LogP contribution in [-0.4, -0.2) is 20.7 Å². The summed E-state index contributed by atoms with van der Waals surface area (Å²) in [6.45, 7) is 5.56. The number of primary amides is 1. The van der Waals surface area contributed by atoms with Crippen LogP contribution in [-0.2, 0) is 7.05 Å². The molecule has 0 spiro atoms. The third-order valence-electron chi connectivity index (χ3n) is 5.29. The number of fused-ring (bicyclic) bond motifs is 1. The third kappa shape index (κ3) is 3.85. The summed E-state index contributed by atoms with van der Waals surface area (Å²) >= 11 is 5.92. The van der Waals surface area contributed by atoms with E-state index in [1.807, 2.05) is 26.0 Å². The van der Waals surface area contributed by atoms with Gasteiger partial charge in [0.2, 0.25) is 0 Å². The zero-order valence-corrected chi connectivity index (χ0v) is 18.8. The van der Waals surface area contributed by atoms with Gasteiger partial charge in [0.15, 0.2) is 11.1 Å². The summed E-state index contributed by atoms with van der Waals surface area (Å²) in [4.78, 5) is 29.1. The number of hydrogen-bond acceptors (Lipinski definition) is 6. The topological polar surface area (TPSA) is 116 Å². The number of rotatable bonds is 5. The lowest BCUT2D eigenvalue weighted by atomic mass is 9.99. The maximum atomic E-state index is 13.2. The van der Waals surface area contributed by atoms with E-state index in [1.54, 1.807) is 43.2 Å². The quantitative estimate of drug-likeness (QED) is 0.441. The average molecular weight is 452 g/mol. The van der Waals surface area contributed by atoms with Gasteiger partial charge in [0.25, 0.3) is 5.91 Å². The second-order valence-electron chi connectivity index (χ2n) is 7.78. The molecule has 8 nitrogen and oxygen atoms in total. The van der Waals surface area contributed by atoms with Gasteiger partial charge < -0.3 is 15.5 Å². The van der Waals surface area contributed by atoms with E-state index in [2.05, 4.69) is 15.4 Å². The first-order chi connectivity index (χ1) is 15.2. The molecule has 164 valence electrons. The molecule has 9 heteroatoms. The Kier molecular flexibility index (Phi) is 5.48. The fourth-order valence-corrected chi connectivity index (χ4v) is 3.90. The Hall–Kier alpha value is -3.65. The molecule has 3 heterocycles. The van der Waals surface area contributed by atoms with Crippen LogP contribution in [0.25, 0.3) is 22.3 Å². The summed E-state index contributed by atoms with van der Waals surface area (Å²) in [6.07, 6.45) is 3.45. The van der Waals surface area contributed by atoms with Crippen molar-refractivity contribution < 1.29 is 9.21 Å². The van der Waals surface area contributed by atoms with E-state index in [1.165, 1.54) is 0 Å². The summed E-state index contributed by atoms with van der Waals surface area (Å²) in [5.41, 5.74) is 9.20. The number of nitrogens with two attached hydrogens (primary N) is 1. The largest absolute Gasteiger partial charge is 0.455 e. The zero-order valence-electron chi connectivity index (χ0n) is 18.1. The molecule has 3 N–H and O–H groups in total. The molecule has 0 fully saturated rings. The van der Waals surface area contributed by atoms with Crippen LogP contribution in [0.4, 0.5) is 5.69 Å². The van der Waals surface area contributed by atoms with E-state index in [-0.39, 0.29) is 22.3 Å². The van der Waals surface area contributed by atoms with Crippen molar-refractivity contribution in [3.63, 3.8) is 0 Å². The Labute approximate surface area is 189 Å². The van der Waals surface area contributed by atoms with E-state index in [4.69, 9.17) is 21.8 Å². The van der Waals surface area contributed by atoms with Crippen molar-refractivity contribution >= 4 is 34.2 Å². The maximum Gasteiger partial charge on any atom is 0.269 e. The highest BCUT2D eigenvalue weighted by Gasteiger charge is 2.21. The van der Waals surface area contributed by atoms with Crippen molar-refractivity contribution in [2.24, 2.45) is 12.8 Å². The van der Waals surface area contributed by atoms with Crippen LogP contribution in [0.5, 0.6) is 0 Å². The van der Waals surface area contributed by atoms with Crippen molar-refractivity contribution in [1.82, 2.24) is 14.8 Å². The van der Waals surface area contributed by atoms with Gasteiger partial charge in [0.05, 0.1) is 28.9 Å². The number of nitrogens with zero attached hydrogens (tertiary/aromatic N) is 3. The van der Waals surface area contributed by atoms with Crippen molar-refractivity contribution in [3.05, 3.63) is 74.4 Å². The number of benzene rings is 1. The monoisotopic (exact) mass is 451 g/mol. The van der Waals surface area contributed by atoms with Crippen LogP contribution in [0.1, 0.15) is 40.1 Å². The summed E-state index contributed by atoms with van der Waals surface area (Å²) in [5, 5.41) is 8.09. The second kappa shape index (κ2) is 8.12. The molecule has 0 radical (unpaired) electrons. The standard InChI is InChI=1S/C23H22ClN5O3/c1-11-7-15(13(3)27-17-5-6-18(24)28-19(17)23(25)31)22-16(8-11)20(30)12(2)21(32-22)14-9-26-29(4)10-14/h5-10,13,27H,1-4H3,(H2,25,31)/t13-/m1/s1. The molecule has 0 aliphatic carbocycles. The minimum absolute atomic E-state index is 0.0367. The van der Waals surface area contributed by atoms with Crippen LogP contribution in [0.2, 0.25) is 5.15 Å². The molecular weight excluding hydrogens is 430 g/mol. The second-order valence-corrected chi connectivity index (χ2v) is 8.17. The number of amides is 1. The third-order valence-corrected chi connectivity index (χ3v) is 5.50. The van der Waals surface area contributed by atoms with E-state index >= 15 is 0 Å². The fourth-order valence-electron chi connectivity index (χ4n) is 3.75. The number of pyridine rings is 1. The summed E-state index contributed by atoms with van der Waals surface area (Å²) < 4.78 is 7.94. The van der Waals surface area contributed by atoms with Crippen LogP contribution >= 0.6 is 11.6 Å². The van der Waals surface area contributed by atoms with E-state index in [9.17, 15) is 9.59 Å². The van der Waals surface area contributed by atoms with Crippen molar-refractivity contribution in [1.29, 1.82) is 0 Å². The van der Waals surface area contributed by atoms with Gasteiger partial charge in [0, 0.05) is 24.4 Å². The average Bonchev–Trinajstić information content (AvgIpc) is 3.17. The van der Waals surface area contributed by atoms with Crippen LogP contribution in [0, 0.1) is 13.8 Å². The van der Waals surface area contributed by atoms with Gasteiger partial charge in [-0.1, -0.05) is 17.7 Å². The Morgan fingerprint density at radius 1 is 1.28 bits per heavy atom. The molecule has 0 saturated carbocycles. The first kappa shape index (κ1) is 21.6. The molecule has 4 rings (SSSR count). The van der Waals surface area contributed by atoms with E-state index < -0.39 is 5.91 Å². The fraction of sp³-hybridized carbons (Fsp3) is 0.217. The maximum absolute atomic E-state index is 13.2. The van der Waals surface area contributed by atoms with Crippen molar-refractivity contribution in [3.8, 4) is 11.3 Å². The highest BCUT2D eigenvalue weighted by molar-refractivity contribution is 6.29. The molecule has 1 amide bonds. The van der Waals surface area contributed by atoms with Gasteiger partial charge in [-0.15, -0.1) is 0 Å². The zero-order chi connectivity index (χ0) is 23.2. The lowest BCUT2D eigenvalue weighted by molar-refractivity contribution is 0.0996. The minimum Gasteiger partial charge on any atom is -0.455 e. The van der Waals surface area contributed by atoms with Crippen molar-refractivity contribution in [2.75, 3.05) is 5.32 Å². The predicted octanol–water partition coefficient (Wildman–Crippen LogP) is 4.13. The first-order valence-corrected chi connectivity index (χ1v) is 10.3. The normalized spacial score (nSPS) is 12.2. The Morgan fingerprint density at radius 2 is 2.03 bits per heavy atom. The van der Waals surface area contributed by atoms with Gasteiger partial charge in [-0.2, -0.15) is 5.10 Å². The number of hydrogen-bond donors (Lipinski definition) is 2. The van der Waals surface area contributed by atoms with E-state index in [0.717, 1.165) is 11.1 Å². The number of carbonyl (C=O) groups is 1. The van der Waals surface area contributed by atoms with Gasteiger partial charge in [-0.25, -0.2) is 4.98 Å².